The van der Waals surface area contributed by atoms with Crippen LogP contribution < -0.4 is 4.74 Å². The first-order valence-corrected chi connectivity index (χ1v) is 11.8. The molecule has 1 atom stereocenters. The quantitative estimate of drug-likeness (QED) is 0.456. The average molecular weight is 481 g/mol. The van der Waals surface area contributed by atoms with Crippen molar-refractivity contribution in [2.24, 2.45) is 0 Å². The van der Waals surface area contributed by atoms with Gasteiger partial charge in [0.1, 0.15) is 11.5 Å². The van der Waals surface area contributed by atoms with Gasteiger partial charge in [0.2, 0.25) is 11.8 Å². The Bertz CT molecular complexity index is 1180. The topological polar surface area (TPSA) is 110 Å². The third-order valence-electron chi connectivity index (χ3n) is 5.42. The van der Waals surface area contributed by atoms with Gasteiger partial charge in [0.15, 0.2) is 0 Å². The second kappa shape index (κ2) is 10.6. The van der Waals surface area contributed by atoms with E-state index in [-0.39, 0.29) is 18.9 Å². The van der Waals surface area contributed by atoms with Crippen molar-refractivity contribution in [1.82, 2.24) is 9.88 Å². The lowest BCUT2D eigenvalue weighted by molar-refractivity contribution is -0.137. The van der Waals surface area contributed by atoms with Gasteiger partial charge in [-0.1, -0.05) is 42.1 Å². The van der Waals surface area contributed by atoms with Crippen LogP contribution in [0.2, 0.25) is 0 Å². The lowest BCUT2D eigenvalue weighted by Gasteiger charge is -2.12. The monoisotopic (exact) mass is 480 g/mol. The van der Waals surface area contributed by atoms with E-state index in [1.54, 1.807) is 0 Å². The number of carbonyl (C=O) groups is 3. The van der Waals surface area contributed by atoms with Crippen LogP contribution in [0.15, 0.2) is 59.0 Å². The summed E-state index contributed by atoms with van der Waals surface area (Å²) in [6.45, 7) is 2.23. The summed E-state index contributed by atoms with van der Waals surface area (Å²) in [4.78, 5) is 40.8. The number of oxazole rings is 1. The molecule has 4 rings (SSSR count). The molecule has 1 saturated heterocycles. The van der Waals surface area contributed by atoms with Crippen molar-refractivity contribution in [3.8, 4) is 17.2 Å². The summed E-state index contributed by atoms with van der Waals surface area (Å²) in [6, 6.07) is 17.1. The Labute approximate surface area is 200 Å². The van der Waals surface area contributed by atoms with Gasteiger partial charge in [-0.3, -0.25) is 19.3 Å². The van der Waals surface area contributed by atoms with Crippen LogP contribution >= 0.6 is 11.8 Å². The predicted molar refractivity (Wildman–Crippen MR) is 127 cm³/mol. The Kier molecular flexibility index (Phi) is 7.32. The maximum absolute atomic E-state index is 12.4. The summed E-state index contributed by atoms with van der Waals surface area (Å²) in [6.07, 6.45) is 0.739. The van der Waals surface area contributed by atoms with Crippen molar-refractivity contribution >= 4 is 28.9 Å². The number of benzene rings is 2. The number of aliphatic carboxylic acids is 1. The number of thioether (sulfide) groups is 1. The normalized spacial score (nSPS) is 15.7. The van der Waals surface area contributed by atoms with E-state index >= 15 is 0 Å². The van der Waals surface area contributed by atoms with E-state index in [9.17, 15) is 14.4 Å². The highest BCUT2D eigenvalue weighted by atomic mass is 32.2. The highest BCUT2D eigenvalue weighted by molar-refractivity contribution is 8.15. The van der Waals surface area contributed by atoms with Crippen LogP contribution in [-0.4, -0.2) is 50.5 Å². The van der Waals surface area contributed by atoms with E-state index in [1.807, 2.05) is 61.5 Å². The van der Waals surface area contributed by atoms with Gasteiger partial charge in [0.05, 0.1) is 24.0 Å². The van der Waals surface area contributed by atoms with Crippen LogP contribution in [0, 0.1) is 6.92 Å². The Hall–Kier alpha value is -3.59. The molecule has 1 aromatic heterocycles. The number of hydrogen-bond acceptors (Lipinski definition) is 7. The van der Waals surface area contributed by atoms with Gasteiger partial charge in [0, 0.05) is 18.5 Å². The van der Waals surface area contributed by atoms with Crippen molar-refractivity contribution in [3.63, 3.8) is 0 Å². The summed E-state index contributed by atoms with van der Waals surface area (Å²) in [5.41, 5.74) is 2.68. The van der Waals surface area contributed by atoms with Gasteiger partial charge in [-0.25, -0.2) is 4.98 Å². The molecule has 1 aliphatic rings. The number of nitrogens with zero attached hydrogens (tertiary/aromatic N) is 2. The molecular formula is C25H24N2O6S. The second-order valence-corrected chi connectivity index (χ2v) is 8.99. The molecule has 2 amide bonds. The Morgan fingerprint density at radius 1 is 1.15 bits per heavy atom. The van der Waals surface area contributed by atoms with Crippen molar-refractivity contribution in [2.45, 2.75) is 31.4 Å². The summed E-state index contributed by atoms with van der Waals surface area (Å²) >= 11 is 0.943. The molecule has 0 radical (unpaired) electrons. The van der Waals surface area contributed by atoms with Gasteiger partial charge in [-0.2, -0.15) is 0 Å². The zero-order chi connectivity index (χ0) is 24.1. The molecule has 0 spiro atoms. The van der Waals surface area contributed by atoms with E-state index in [1.165, 1.54) is 0 Å². The third-order valence-corrected chi connectivity index (χ3v) is 6.49. The smallest absolute Gasteiger partial charge is 0.305 e. The zero-order valence-electron chi connectivity index (χ0n) is 18.6. The summed E-state index contributed by atoms with van der Waals surface area (Å²) in [5, 5.41) is 7.85. The standard InChI is InChI=1S/C25H24N2O6S/c1-16-20(26-23(33-16)18-5-3-2-4-6-18)12-14-32-19-9-7-17(8-10-19)15-21-24(30)27(25(31)34-21)13-11-22(28)29/h2-10,21H,11-15H2,1H3,(H,28,29). The number of amides is 2. The van der Waals surface area contributed by atoms with Crippen LogP contribution in [0.25, 0.3) is 11.5 Å². The number of aromatic nitrogens is 1. The van der Waals surface area contributed by atoms with Crippen molar-refractivity contribution in [2.75, 3.05) is 13.2 Å². The van der Waals surface area contributed by atoms with Crippen molar-refractivity contribution < 1.29 is 28.6 Å². The third kappa shape index (κ3) is 5.66. The van der Waals surface area contributed by atoms with Crippen LogP contribution in [0.4, 0.5) is 4.79 Å². The zero-order valence-corrected chi connectivity index (χ0v) is 19.4. The van der Waals surface area contributed by atoms with E-state index in [2.05, 4.69) is 4.98 Å². The molecule has 3 aromatic rings. The molecule has 176 valence electrons. The summed E-state index contributed by atoms with van der Waals surface area (Å²) in [7, 11) is 0. The van der Waals surface area contributed by atoms with Crippen molar-refractivity contribution in [3.05, 3.63) is 71.6 Å². The number of carboxylic acids is 1. The van der Waals surface area contributed by atoms with E-state index in [0.29, 0.717) is 31.1 Å². The molecule has 1 N–H and O–H groups in total. The van der Waals surface area contributed by atoms with Gasteiger partial charge in [-0.05, 0) is 43.2 Å². The SMILES string of the molecule is Cc1oc(-c2ccccc2)nc1CCOc1ccc(CC2SC(=O)N(CCC(=O)O)C2=O)cc1. The van der Waals surface area contributed by atoms with Crippen LogP contribution in [0.5, 0.6) is 5.75 Å². The summed E-state index contributed by atoms with van der Waals surface area (Å²) in [5.74, 6) is 0.674. The number of rotatable bonds is 10. The fraction of sp³-hybridized carbons (Fsp3) is 0.280. The minimum Gasteiger partial charge on any atom is -0.493 e. The second-order valence-electron chi connectivity index (χ2n) is 7.84. The van der Waals surface area contributed by atoms with Gasteiger partial charge in [0.25, 0.3) is 5.24 Å². The molecule has 1 unspecified atom stereocenters. The number of hydrogen-bond donors (Lipinski definition) is 1. The first-order chi connectivity index (χ1) is 16.4. The fourth-order valence-corrected chi connectivity index (χ4v) is 4.66. The maximum Gasteiger partial charge on any atom is 0.305 e. The molecule has 34 heavy (non-hydrogen) atoms. The Morgan fingerprint density at radius 3 is 2.59 bits per heavy atom. The molecule has 1 aliphatic heterocycles. The van der Waals surface area contributed by atoms with Crippen molar-refractivity contribution in [1.29, 1.82) is 0 Å². The molecule has 2 aromatic carbocycles. The van der Waals surface area contributed by atoms with Crippen LogP contribution in [0.3, 0.4) is 0 Å². The Morgan fingerprint density at radius 2 is 1.88 bits per heavy atom. The summed E-state index contributed by atoms with van der Waals surface area (Å²) < 4.78 is 11.6. The van der Waals surface area contributed by atoms with E-state index in [4.69, 9.17) is 14.3 Å². The largest absolute Gasteiger partial charge is 0.493 e. The molecule has 9 heteroatoms. The molecular weight excluding hydrogens is 456 g/mol. The minimum absolute atomic E-state index is 0.0961. The predicted octanol–water partition coefficient (Wildman–Crippen LogP) is 4.35. The molecule has 8 nitrogen and oxygen atoms in total. The van der Waals surface area contributed by atoms with E-state index in [0.717, 1.165) is 39.2 Å². The molecule has 0 saturated carbocycles. The average Bonchev–Trinajstić information content (AvgIpc) is 3.32. The lowest BCUT2D eigenvalue weighted by atomic mass is 10.1. The minimum atomic E-state index is -1.04. The Balaban J connectivity index is 1.28. The highest BCUT2D eigenvalue weighted by Gasteiger charge is 2.39. The number of ether oxygens (including phenoxy) is 1. The number of aryl methyl sites for hydroxylation is 1. The van der Waals surface area contributed by atoms with E-state index < -0.39 is 16.5 Å². The molecule has 0 aliphatic carbocycles. The van der Waals surface area contributed by atoms with Crippen LogP contribution in [-0.2, 0) is 22.4 Å². The van der Waals surface area contributed by atoms with Gasteiger partial charge >= 0.3 is 5.97 Å². The lowest BCUT2D eigenvalue weighted by Crippen LogP contribution is -2.33. The maximum atomic E-state index is 12.4. The first-order valence-electron chi connectivity index (χ1n) is 10.9. The van der Waals surface area contributed by atoms with Gasteiger partial charge in [-0.15, -0.1) is 0 Å². The van der Waals surface area contributed by atoms with Crippen LogP contribution in [0.1, 0.15) is 23.4 Å². The number of imide groups is 1. The number of carbonyl (C=O) groups excluding carboxylic acids is 2. The van der Waals surface area contributed by atoms with Gasteiger partial charge < -0.3 is 14.3 Å². The highest BCUT2D eigenvalue weighted by Crippen LogP contribution is 2.30. The molecule has 1 fully saturated rings. The first kappa shape index (κ1) is 23.6. The molecule has 0 bridgehead atoms. The fourth-order valence-electron chi connectivity index (χ4n) is 3.60. The number of carboxylic acid groups (broad SMARTS) is 1. The molecule has 2 heterocycles.